The zero-order chi connectivity index (χ0) is 12.4. The van der Waals surface area contributed by atoms with E-state index in [0.29, 0.717) is 0 Å². The van der Waals surface area contributed by atoms with E-state index in [-0.39, 0.29) is 5.57 Å². The monoisotopic (exact) mass is 259 g/mol. The summed E-state index contributed by atoms with van der Waals surface area (Å²) < 4.78 is 5.39. The SMILES string of the molecule is CCCSC(SCCC)=C(C#N)C(=O)OC. The van der Waals surface area contributed by atoms with Crippen molar-refractivity contribution in [3.8, 4) is 6.07 Å². The minimum Gasteiger partial charge on any atom is -0.465 e. The van der Waals surface area contributed by atoms with Gasteiger partial charge in [0.1, 0.15) is 6.07 Å². The van der Waals surface area contributed by atoms with Crippen molar-refractivity contribution in [1.29, 1.82) is 5.26 Å². The predicted octanol–water partition coefficient (Wildman–Crippen LogP) is 3.18. The van der Waals surface area contributed by atoms with E-state index >= 15 is 0 Å². The van der Waals surface area contributed by atoms with E-state index in [1.807, 2.05) is 6.07 Å². The highest BCUT2D eigenvalue weighted by Crippen LogP contribution is 2.32. The second kappa shape index (κ2) is 9.61. The molecule has 0 radical (unpaired) electrons. The maximum Gasteiger partial charge on any atom is 0.350 e. The number of esters is 1. The number of nitrogens with zero attached hydrogens (tertiary/aromatic N) is 1. The minimum absolute atomic E-state index is 0.138. The Kier molecular flexibility index (Phi) is 9.25. The summed E-state index contributed by atoms with van der Waals surface area (Å²) in [4.78, 5) is 11.4. The van der Waals surface area contributed by atoms with E-state index < -0.39 is 5.97 Å². The van der Waals surface area contributed by atoms with Gasteiger partial charge >= 0.3 is 5.97 Å². The molecular weight excluding hydrogens is 242 g/mol. The average Bonchev–Trinajstić information content (AvgIpc) is 2.32. The van der Waals surface area contributed by atoms with Gasteiger partial charge in [-0.2, -0.15) is 5.26 Å². The van der Waals surface area contributed by atoms with Crippen molar-refractivity contribution < 1.29 is 9.53 Å². The third kappa shape index (κ3) is 5.47. The predicted molar refractivity (Wildman–Crippen MR) is 70.2 cm³/mol. The van der Waals surface area contributed by atoms with Crippen LogP contribution in [-0.2, 0) is 9.53 Å². The van der Waals surface area contributed by atoms with Crippen LogP contribution in [0.2, 0.25) is 0 Å². The van der Waals surface area contributed by atoms with E-state index in [1.54, 1.807) is 23.5 Å². The topological polar surface area (TPSA) is 50.1 Å². The number of carbonyl (C=O) groups is 1. The normalized spacial score (nSPS) is 9.38. The molecule has 16 heavy (non-hydrogen) atoms. The Labute approximate surface area is 106 Å². The highest BCUT2D eigenvalue weighted by Gasteiger charge is 2.16. The highest BCUT2D eigenvalue weighted by molar-refractivity contribution is 8.22. The molecular formula is C11H17NO2S2. The first-order valence-corrected chi connectivity index (χ1v) is 7.16. The first-order valence-electron chi connectivity index (χ1n) is 5.19. The van der Waals surface area contributed by atoms with Gasteiger partial charge < -0.3 is 4.74 Å². The highest BCUT2D eigenvalue weighted by atomic mass is 32.2. The number of rotatable bonds is 7. The Morgan fingerprint density at radius 3 is 2.06 bits per heavy atom. The van der Waals surface area contributed by atoms with Crippen LogP contribution in [-0.4, -0.2) is 24.6 Å². The van der Waals surface area contributed by atoms with Gasteiger partial charge in [0.15, 0.2) is 5.57 Å². The number of ether oxygens (including phenoxy) is 1. The number of thioether (sulfide) groups is 2. The fourth-order valence-corrected chi connectivity index (χ4v) is 3.01. The van der Waals surface area contributed by atoms with Crippen molar-refractivity contribution >= 4 is 29.5 Å². The first kappa shape index (κ1) is 15.4. The molecule has 0 aromatic carbocycles. The third-order valence-electron chi connectivity index (χ3n) is 1.58. The van der Waals surface area contributed by atoms with Gasteiger partial charge in [-0.3, -0.25) is 0 Å². The molecule has 5 heteroatoms. The smallest absolute Gasteiger partial charge is 0.350 e. The van der Waals surface area contributed by atoms with E-state index in [1.165, 1.54) is 7.11 Å². The van der Waals surface area contributed by atoms with E-state index in [4.69, 9.17) is 5.26 Å². The van der Waals surface area contributed by atoms with Crippen LogP contribution >= 0.6 is 23.5 Å². The van der Waals surface area contributed by atoms with Crippen LogP contribution in [0.25, 0.3) is 0 Å². The summed E-state index contributed by atoms with van der Waals surface area (Å²) in [5, 5.41) is 8.96. The average molecular weight is 259 g/mol. The molecule has 0 rings (SSSR count). The maximum absolute atomic E-state index is 11.4. The largest absolute Gasteiger partial charge is 0.465 e. The van der Waals surface area contributed by atoms with Crippen LogP contribution in [0, 0.1) is 11.3 Å². The Bertz CT molecular complexity index is 285. The summed E-state index contributed by atoms with van der Waals surface area (Å²) in [6, 6.07) is 1.93. The molecule has 0 fully saturated rings. The summed E-state index contributed by atoms with van der Waals surface area (Å²) in [5.74, 6) is 1.28. The van der Waals surface area contributed by atoms with Crippen molar-refractivity contribution in [1.82, 2.24) is 0 Å². The molecule has 0 unspecified atom stereocenters. The fourth-order valence-electron chi connectivity index (χ4n) is 0.852. The molecule has 0 aliphatic rings. The van der Waals surface area contributed by atoms with E-state index in [2.05, 4.69) is 18.6 Å². The van der Waals surface area contributed by atoms with Gasteiger partial charge in [0, 0.05) is 0 Å². The molecule has 0 heterocycles. The molecule has 0 spiro atoms. The molecule has 90 valence electrons. The molecule has 0 saturated carbocycles. The fraction of sp³-hybridized carbons (Fsp3) is 0.636. The van der Waals surface area contributed by atoms with Crippen LogP contribution in [0.15, 0.2) is 9.81 Å². The van der Waals surface area contributed by atoms with Crippen LogP contribution < -0.4 is 0 Å². The summed E-state index contributed by atoms with van der Waals surface area (Å²) in [7, 11) is 1.30. The summed E-state index contributed by atoms with van der Waals surface area (Å²) in [5.41, 5.74) is 0.138. The lowest BCUT2D eigenvalue weighted by Crippen LogP contribution is -2.05. The molecule has 0 N–H and O–H groups in total. The van der Waals surface area contributed by atoms with Gasteiger partial charge in [-0.25, -0.2) is 4.79 Å². The molecule has 0 aromatic rings. The lowest BCUT2D eigenvalue weighted by Gasteiger charge is -2.07. The van der Waals surface area contributed by atoms with Crippen molar-refractivity contribution in [2.24, 2.45) is 0 Å². The number of methoxy groups -OCH3 is 1. The summed E-state index contributed by atoms with van der Waals surface area (Å²) in [6.07, 6.45) is 2.03. The van der Waals surface area contributed by atoms with Crippen molar-refractivity contribution in [2.75, 3.05) is 18.6 Å². The number of hydrogen-bond acceptors (Lipinski definition) is 5. The summed E-state index contributed by atoms with van der Waals surface area (Å²) in [6.45, 7) is 4.14. The number of nitriles is 1. The van der Waals surface area contributed by atoms with Crippen LogP contribution in [0.1, 0.15) is 26.7 Å². The van der Waals surface area contributed by atoms with Crippen LogP contribution in [0.4, 0.5) is 0 Å². The third-order valence-corrected chi connectivity index (χ3v) is 4.44. The molecule has 0 amide bonds. The van der Waals surface area contributed by atoms with Crippen LogP contribution in [0.3, 0.4) is 0 Å². The molecule has 0 saturated heterocycles. The van der Waals surface area contributed by atoms with Crippen molar-refractivity contribution in [3.05, 3.63) is 9.81 Å². The summed E-state index contributed by atoms with van der Waals surface area (Å²) >= 11 is 3.11. The van der Waals surface area contributed by atoms with Gasteiger partial charge in [0.2, 0.25) is 0 Å². The molecule has 0 aromatic heterocycles. The van der Waals surface area contributed by atoms with E-state index in [0.717, 1.165) is 28.6 Å². The Morgan fingerprint density at radius 1 is 1.25 bits per heavy atom. The van der Waals surface area contributed by atoms with Crippen molar-refractivity contribution in [2.45, 2.75) is 26.7 Å². The van der Waals surface area contributed by atoms with Gasteiger partial charge in [0.25, 0.3) is 0 Å². The zero-order valence-corrected chi connectivity index (χ0v) is 11.5. The molecule has 3 nitrogen and oxygen atoms in total. The maximum atomic E-state index is 11.4. The molecule has 0 bridgehead atoms. The lowest BCUT2D eigenvalue weighted by molar-refractivity contribution is -0.135. The van der Waals surface area contributed by atoms with E-state index in [9.17, 15) is 4.79 Å². The van der Waals surface area contributed by atoms with Gasteiger partial charge in [-0.05, 0) is 24.3 Å². The molecule has 0 aliphatic heterocycles. The lowest BCUT2D eigenvalue weighted by atomic mass is 10.3. The van der Waals surface area contributed by atoms with Crippen LogP contribution in [0.5, 0.6) is 0 Å². The zero-order valence-electron chi connectivity index (χ0n) is 9.91. The van der Waals surface area contributed by atoms with Gasteiger partial charge in [-0.15, -0.1) is 23.5 Å². The quantitative estimate of drug-likeness (QED) is 0.399. The Hall–Kier alpha value is -0.600. The Balaban J connectivity index is 4.82. The second-order valence-electron chi connectivity index (χ2n) is 2.96. The Morgan fingerprint density at radius 2 is 1.75 bits per heavy atom. The van der Waals surface area contributed by atoms with Crippen molar-refractivity contribution in [3.63, 3.8) is 0 Å². The minimum atomic E-state index is -0.537. The second-order valence-corrected chi connectivity index (χ2v) is 5.43. The number of hydrogen-bond donors (Lipinski definition) is 0. The molecule has 0 aliphatic carbocycles. The van der Waals surface area contributed by atoms with Gasteiger partial charge in [0.05, 0.1) is 11.3 Å². The standard InChI is InChI=1S/C11H17NO2S2/c1-4-6-15-11(16-7-5-2)9(8-12)10(13)14-3/h4-7H2,1-3H3. The molecule has 0 atom stereocenters. The first-order chi connectivity index (χ1) is 7.71. The number of carbonyl (C=O) groups excluding carboxylic acids is 1. The van der Waals surface area contributed by atoms with Gasteiger partial charge in [-0.1, -0.05) is 13.8 Å².